The number of nitrogen functional groups attached to an aromatic ring is 1. The minimum atomic E-state index is -0.361. The van der Waals surface area contributed by atoms with Crippen LogP contribution in [0.1, 0.15) is 10.4 Å². The number of halogens is 1. The maximum atomic E-state index is 12.2. The smallest absolute Gasteiger partial charge is 0.269 e. The predicted molar refractivity (Wildman–Crippen MR) is 103 cm³/mol. The van der Waals surface area contributed by atoms with Gasteiger partial charge in [0.1, 0.15) is 17.8 Å². The fourth-order valence-electron chi connectivity index (χ4n) is 2.13. The van der Waals surface area contributed by atoms with Gasteiger partial charge >= 0.3 is 0 Å². The third-order valence-electron chi connectivity index (χ3n) is 3.54. The van der Waals surface area contributed by atoms with Crippen LogP contribution in [0.4, 0.5) is 23.0 Å². The van der Waals surface area contributed by atoms with Gasteiger partial charge in [-0.15, -0.1) is 0 Å². The second-order valence-electron chi connectivity index (χ2n) is 5.26. The zero-order chi connectivity index (χ0) is 19.2. The van der Waals surface area contributed by atoms with Gasteiger partial charge in [0.15, 0.2) is 16.8 Å². The number of pyridine rings is 1. The van der Waals surface area contributed by atoms with Crippen LogP contribution in [0.25, 0.3) is 0 Å². The van der Waals surface area contributed by atoms with Gasteiger partial charge in [0.05, 0.1) is 12.8 Å². The number of hydrazine groups is 1. The van der Waals surface area contributed by atoms with E-state index < -0.39 is 0 Å². The molecule has 3 rings (SSSR count). The number of nitrogens with one attached hydrogen (secondary N) is 3. The number of hydrogen-bond donors (Lipinski definition) is 4. The molecule has 5 N–H and O–H groups in total. The third-order valence-corrected chi connectivity index (χ3v) is 3.84. The highest BCUT2D eigenvalue weighted by molar-refractivity contribution is 6.32. The van der Waals surface area contributed by atoms with Gasteiger partial charge in [0.25, 0.3) is 5.91 Å². The van der Waals surface area contributed by atoms with Crippen molar-refractivity contribution < 1.29 is 9.53 Å². The number of carbonyl (C=O) groups excluding carboxylic acids is 1. The molecule has 2 heterocycles. The molecule has 0 bridgehead atoms. The van der Waals surface area contributed by atoms with E-state index in [0.717, 1.165) is 0 Å². The summed E-state index contributed by atoms with van der Waals surface area (Å²) in [5.41, 5.74) is 12.5. The van der Waals surface area contributed by atoms with Gasteiger partial charge in [-0.2, -0.15) is 0 Å². The van der Waals surface area contributed by atoms with Crippen LogP contribution >= 0.6 is 11.6 Å². The van der Waals surface area contributed by atoms with Gasteiger partial charge in [0.2, 0.25) is 0 Å². The average molecular weight is 386 g/mol. The van der Waals surface area contributed by atoms with Crippen molar-refractivity contribution in [2.75, 3.05) is 23.6 Å². The lowest BCUT2D eigenvalue weighted by molar-refractivity contribution is 0.0962. The number of rotatable bonds is 6. The molecule has 0 radical (unpaired) electrons. The highest BCUT2D eigenvalue weighted by Crippen LogP contribution is 2.28. The standard InChI is InChI=1S/C17H16ClN7O2/c1-27-11-6-4-10(5-7-11)17(26)25-24-16-13(19)15(21-9-22-16)23-12-3-2-8-20-14(12)18/h2-9H,19H2,1H3,(H,25,26)(H2,21,22,23,24). The Hall–Kier alpha value is -3.59. The monoisotopic (exact) mass is 385 g/mol. The number of aromatic nitrogens is 3. The molecule has 2 aromatic heterocycles. The Morgan fingerprint density at radius 1 is 1.11 bits per heavy atom. The number of nitrogens with zero attached hydrogens (tertiary/aromatic N) is 3. The Kier molecular flexibility index (Phi) is 5.53. The first kappa shape index (κ1) is 18.2. The summed E-state index contributed by atoms with van der Waals surface area (Å²) in [5.74, 6) is 0.847. The molecule has 138 valence electrons. The molecule has 9 nitrogen and oxygen atoms in total. The first-order chi connectivity index (χ1) is 13.1. The topological polar surface area (TPSA) is 127 Å². The molecule has 0 saturated carbocycles. The molecule has 1 amide bonds. The lowest BCUT2D eigenvalue weighted by Crippen LogP contribution is -2.30. The van der Waals surface area contributed by atoms with Crippen LogP contribution in [0.2, 0.25) is 5.15 Å². The van der Waals surface area contributed by atoms with E-state index >= 15 is 0 Å². The van der Waals surface area contributed by atoms with Crippen LogP contribution in [-0.2, 0) is 0 Å². The maximum Gasteiger partial charge on any atom is 0.269 e. The molecule has 0 spiro atoms. The molecule has 0 unspecified atom stereocenters. The Balaban J connectivity index is 1.70. The Labute approximate surface area is 159 Å². The van der Waals surface area contributed by atoms with Crippen molar-refractivity contribution in [3.63, 3.8) is 0 Å². The van der Waals surface area contributed by atoms with Crippen LogP contribution in [0, 0.1) is 0 Å². The quantitative estimate of drug-likeness (QED) is 0.376. The first-order valence-corrected chi connectivity index (χ1v) is 8.14. The third kappa shape index (κ3) is 4.33. The fraction of sp³-hybridized carbons (Fsp3) is 0.0588. The number of benzene rings is 1. The van der Waals surface area contributed by atoms with Crippen molar-refractivity contribution in [1.82, 2.24) is 20.4 Å². The van der Waals surface area contributed by atoms with Crippen molar-refractivity contribution in [2.24, 2.45) is 0 Å². The number of ether oxygens (including phenoxy) is 1. The van der Waals surface area contributed by atoms with Crippen LogP contribution in [0.3, 0.4) is 0 Å². The largest absolute Gasteiger partial charge is 0.497 e. The number of methoxy groups -OCH3 is 1. The highest BCUT2D eigenvalue weighted by Gasteiger charge is 2.12. The van der Waals surface area contributed by atoms with E-state index in [9.17, 15) is 4.79 Å². The molecule has 0 aliphatic heterocycles. The van der Waals surface area contributed by atoms with Gasteiger partial charge in [-0.25, -0.2) is 15.0 Å². The van der Waals surface area contributed by atoms with Crippen molar-refractivity contribution in [3.8, 4) is 5.75 Å². The van der Waals surface area contributed by atoms with E-state index in [1.54, 1.807) is 49.7 Å². The van der Waals surface area contributed by atoms with E-state index in [-0.39, 0.29) is 22.6 Å². The summed E-state index contributed by atoms with van der Waals surface area (Å²) in [7, 11) is 1.55. The van der Waals surface area contributed by atoms with E-state index in [2.05, 4.69) is 31.1 Å². The molecular formula is C17H16ClN7O2. The normalized spacial score (nSPS) is 10.1. The summed E-state index contributed by atoms with van der Waals surface area (Å²) in [6, 6.07) is 10.1. The average Bonchev–Trinajstić information content (AvgIpc) is 2.70. The number of amides is 1. The summed E-state index contributed by atoms with van der Waals surface area (Å²) in [6.07, 6.45) is 2.86. The van der Waals surface area contributed by atoms with Crippen molar-refractivity contribution in [1.29, 1.82) is 0 Å². The van der Waals surface area contributed by atoms with E-state index in [0.29, 0.717) is 22.8 Å². The van der Waals surface area contributed by atoms with E-state index in [1.807, 2.05) is 0 Å². The molecule has 0 aliphatic carbocycles. The zero-order valence-electron chi connectivity index (χ0n) is 14.2. The summed E-state index contributed by atoms with van der Waals surface area (Å²) >= 11 is 6.02. The molecule has 0 saturated heterocycles. The van der Waals surface area contributed by atoms with Crippen molar-refractivity contribution >= 4 is 40.5 Å². The minimum absolute atomic E-state index is 0.201. The SMILES string of the molecule is COc1ccc(C(=O)NNc2ncnc(Nc3cccnc3Cl)c2N)cc1. The minimum Gasteiger partial charge on any atom is -0.497 e. The van der Waals surface area contributed by atoms with Gasteiger partial charge < -0.3 is 15.8 Å². The molecule has 0 aliphatic rings. The molecule has 0 fully saturated rings. The molecule has 1 aromatic carbocycles. The van der Waals surface area contributed by atoms with Crippen molar-refractivity contribution in [3.05, 3.63) is 59.6 Å². The fourth-order valence-corrected chi connectivity index (χ4v) is 2.30. The molecule has 3 aromatic rings. The van der Waals surface area contributed by atoms with Gasteiger partial charge in [-0.3, -0.25) is 15.6 Å². The van der Waals surface area contributed by atoms with Crippen LogP contribution in [0.15, 0.2) is 48.9 Å². The van der Waals surface area contributed by atoms with E-state index in [1.165, 1.54) is 6.33 Å². The second kappa shape index (κ2) is 8.19. The number of carbonyl (C=O) groups is 1. The summed E-state index contributed by atoms with van der Waals surface area (Å²) in [4.78, 5) is 24.3. The Morgan fingerprint density at radius 2 is 1.85 bits per heavy atom. The number of nitrogens with two attached hydrogens (primary N) is 1. The van der Waals surface area contributed by atoms with Gasteiger partial charge in [-0.05, 0) is 36.4 Å². The lowest BCUT2D eigenvalue weighted by Gasteiger charge is -2.13. The van der Waals surface area contributed by atoms with Gasteiger partial charge in [0, 0.05) is 11.8 Å². The van der Waals surface area contributed by atoms with Gasteiger partial charge in [-0.1, -0.05) is 11.6 Å². The lowest BCUT2D eigenvalue weighted by atomic mass is 10.2. The molecular weight excluding hydrogens is 370 g/mol. The van der Waals surface area contributed by atoms with Crippen LogP contribution < -0.4 is 26.6 Å². The summed E-state index contributed by atoms with van der Waals surface area (Å²) < 4.78 is 5.06. The van der Waals surface area contributed by atoms with Crippen LogP contribution in [0.5, 0.6) is 5.75 Å². The first-order valence-electron chi connectivity index (χ1n) is 7.77. The Morgan fingerprint density at radius 3 is 2.56 bits per heavy atom. The summed E-state index contributed by atoms with van der Waals surface area (Å²) in [6.45, 7) is 0. The second-order valence-corrected chi connectivity index (χ2v) is 5.62. The van der Waals surface area contributed by atoms with E-state index in [4.69, 9.17) is 22.1 Å². The van der Waals surface area contributed by atoms with Crippen LogP contribution in [-0.4, -0.2) is 28.0 Å². The zero-order valence-corrected chi connectivity index (χ0v) is 15.0. The number of hydrogen-bond acceptors (Lipinski definition) is 8. The summed E-state index contributed by atoms with van der Waals surface area (Å²) in [5, 5.41) is 3.25. The number of anilines is 4. The molecule has 10 heteroatoms. The highest BCUT2D eigenvalue weighted by atomic mass is 35.5. The Bertz CT molecular complexity index is 950. The predicted octanol–water partition coefficient (Wildman–Crippen LogP) is 2.62. The van der Waals surface area contributed by atoms with Crippen molar-refractivity contribution in [2.45, 2.75) is 0 Å². The maximum absolute atomic E-state index is 12.2. The molecule has 0 atom stereocenters. The molecule has 27 heavy (non-hydrogen) atoms.